The van der Waals surface area contributed by atoms with Gasteiger partial charge in [-0.25, -0.2) is 22.6 Å². The minimum absolute atomic E-state index is 0.0152. The van der Waals surface area contributed by atoms with Crippen molar-refractivity contribution in [3.8, 4) is 5.88 Å². The van der Waals surface area contributed by atoms with Gasteiger partial charge < -0.3 is 15.2 Å². The Kier molecular flexibility index (Phi) is 14.2. The number of aromatic nitrogens is 2. The van der Waals surface area contributed by atoms with Gasteiger partial charge in [-0.15, -0.1) is 0 Å². The Balaban J connectivity index is 1.67. The summed E-state index contributed by atoms with van der Waals surface area (Å²) in [6, 6.07) is 11.0. The Morgan fingerprint density at radius 2 is 1.56 bits per heavy atom. The summed E-state index contributed by atoms with van der Waals surface area (Å²) in [5, 5.41) is 13.0. The summed E-state index contributed by atoms with van der Waals surface area (Å²) in [6.45, 7) is 3.76. The fourth-order valence-corrected chi connectivity index (χ4v) is 6.75. The second kappa shape index (κ2) is 17.8. The number of imidazole rings is 1. The van der Waals surface area contributed by atoms with Gasteiger partial charge in [0.1, 0.15) is 0 Å². The quantitative estimate of drug-likeness (QED) is 0.0851. The van der Waals surface area contributed by atoms with Crippen molar-refractivity contribution < 1.29 is 27.9 Å². The van der Waals surface area contributed by atoms with Crippen LogP contribution in [-0.4, -0.2) is 46.9 Å². The molecule has 0 saturated heterocycles. The molecule has 0 fully saturated rings. The van der Waals surface area contributed by atoms with Crippen molar-refractivity contribution in [2.75, 3.05) is 17.7 Å². The van der Waals surface area contributed by atoms with Crippen LogP contribution in [0.4, 0.5) is 5.69 Å². The number of carbonyl (C=O) groups is 2. The first kappa shape index (κ1) is 35.9. The van der Waals surface area contributed by atoms with E-state index < -0.39 is 39.3 Å². The highest BCUT2D eigenvalue weighted by molar-refractivity contribution is 7.91. The number of nitrogens with zero attached hydrogens (tertiary/aromatic N) is 2. The second-order valence-electron chi connectivity index (χ2n) is 11.0. The van der Waals surface area contributed by atoms with Gasteiger partial charge in [-0.05, 0) is 37.1 Å². The molecule has 1 heterocycles. The third kappa shape index (κ3) is 10.5. The molecule has 2 N–H and O–H groups in total. The zero-order valence-corrected chi connectivity index (χ0v) is 27.6. The molecule has 3 rings (SSSR count). The summed E-state index contributed by atoms with van der Waals surface area (Å²) in [7, 11) is -3.60. The average Bonchev–Trinajstić information content (AvgIpc) is 3.27. The second-order valence-corrected chi connectivity index (χ2v) is 13.6. The van der Waals surface area contributed by atoms with E-state index in [2.05, 4.69) is 12.2 Å². The number of amides is 1. The van der Waals surface area contributed by atoms with E-state index in [4.69, 9.17) is 16.3 Å². The lowest BCUT2D eigenvalue weighted by molar-refractivity contribution is -0.150. The molecule has 246 valence electrons. The van der Waals surface area contributed by atoms with E-state index in [9.17, 15) is 27.9 Å². The van der Waals surface area contributed by atoms with Crippen LogP contribution in [-0.2, 0) is 30.7 Å². The van der Waals surface area contributed by atoms with Crippen LogP contribution in [0.1, 0.15) is 89.7 Å². The van der Waals surface area contributed by atoms with Crippen LogP contribution in [0, 0.1) is 0 Å². The number of hydrogen-bond donors (Lipinski definition) is 2. The molecule has 1 unspecified atom stereocenters. The number of ether oxygens (including phenoxy) is 1. The van der Waals surface area contributed by atoms with E-state index in [0.29, 0.717) is 11.0 Å². The zero-order valence-electron chi connectivity index (χ0n) is 26.0. The molecule has 0 aliphatic rings. The van der Waals surface area contributed by atoms with Gasteiger partial charge >= 0.3 is 11.7 Å². The molecule has 12 heteroatoms. The molecule has 0 bridgehead atoms. The number of esters is 1. The first-order valence-electron chi connectivity index (χ1n) is 15.6. The molecular formula is C33H44ClN3O7S. The minimum Gasteiger partial charge on any atom is -0.493 e. The molecule has 10 nitrogen and oxygen atoms in total. The highest BCUT2D eigenvalue weighted by Gasteiger charge is 2.35. The largest absolute Gasteiger partial charge is 0.493 e. The van der Waals surface area contributed by atoms with E-state index in [-0.39, 0.29) is 34.5 Å². The number of carbonyl (C=O) groups excluding carboxylic acids is 2. The number of benzene rings is 2. The monoisotopic (exact) mass is 661 g/mol. The van der Waals surface area contributed by atoms with Gasteiger partial charge in [0.05, 0.1) is 40.7 Å². The summed E-state index contributed by atoms with van der Waals surface area (Å²) in [5.41, 5.74) is -0.00180. The van der Waals surface area contributed by atoms with Crippen molar-refractivity contribution in [3.05, 3.63) is 75.8 Å². The smallest absolute Gasteiger partial charge is 0.339 e. The predicted octanol–water partition coefficient (Wildman–Crippen LogP) is 6.49. The fraction of sp³-hybridized carbons (Fsp3) is 0.485. The third-order valence-corrected chi connectivity index (χ3v) is 9.62. The maximum Gasteiger partial charge on any atom is 0.339 e. The van der Waals surface area contributed by atoms with Gasteiger partial charge in [-0.2, -0.15) is 0 Å². The van der Waals surface area contributed by atoms with Gasteiger partial charge in [0.25, 0.3) is 5.91 Å². The standard InChI is InChI=1S/C33H44ClN3O7S/c1-3-5-6-7-8-9-10-11-12-16-21-45(42,43)26-19-20-28(27(34)22-26)35-31(39)30(32(40)44-4-2)37-29(38)24-36(33(37)41)23-25-17-14-13-15-18-25/h13-15,17-20,22,24,30,38H,3-12,16,21,23H2,1-2H3,(H,35,39). The molecule has 1 aromatic heterocycles. The Hall–Kier alpha value is -3.57. The lowest BCUT2D eigenvalue weighted by Gasteiger charge is -2.17. The summed E-state index contributed by atoms with van der Waals surface area (Å²) in [6.07, 6.45) is 12.0. The molecule has 0 spiro atoms. The minimum atomic E-state index is -3.60. The van der Waals surface area contributed by atoms with Gasteiger partial charge in [0.2, 0.25) is 11.9 Å². The van der Waals surface area contributed by atoms with Crippen molar-refractivity contribution >= 4 is 39.0 Å². The number of nitrogens with one attached hydrogen (secondary N) is 1. The molecule has 0 aliphatic carbocycles. The number of anilines is 1. The molecule has 2 aromatic carbocycles. The Bertz CT molecular complexity index is 1570. The normalized spacial score (nSPS) is 12.2. The topological polar surface area (TPSA) is 137 Å². The highest BCUT2D eigenvalue weighted by Crippen LogP contribution is 2.28. The van der Waals surface area contributed by atoms with Crippen molar-refractivity contribution in [2.45, 2.75) is 95.5 Å². The Labute approximate surface area is 270 Å². The zero-order chi connectivity index (χ0) is 32.8. The number of rotatable bonds is 19. The maximum absolute atomic E-state index is 13.4. The Morgan fingerprint density at radius 1 is 0.933 bits per heavy atom. The van der Waals surface area contributed by atoms with Crippen LogP contribution in [0.15, 0.2) is 64.4 Å². The van der Waals surface area contributed by atoms with Crippen molar-refractivity contribution in [3.63, 3.8) is 0 Å². The number of aromatic hydroxyl groups is 1. The molecule has 0 radical (unpaired) electrons. The van der Waals surface area contributed by atoms with Crippen molar-refractivity contribution in [1.82, 2.24) is 9.13 Å². The fourth-order valence-electron chi connectivity index (χ4n) is 5.07. The van der Waals surface area contributed by atoms with Crippen LogP contribution in [0.3, 0.4) is 0 Å². The van der Waals surface area contributed by atoms with E-state index in [1.807, 2.05) is 6.07 Å². The Morgan fingerprint density at radius 3 is 2.16 bits per heavy atom. The summed E-state index contributed by atoms with van der Waals surface area (Å²) < 4.78 is 32.7. The molecule has 0 aliphatic heterocycles. The van der Waals surface area contributed by atoms with E-state index in [0.717, 1.165) is 31.0 Å². The van der Waals surface area contributed by atoms with Crippen molar-refractivity contribution in [2.24, 2.45) is 0 Å². The van der Waals surface area contributed by atoms with E-state index in [1.54, 1.807) is 31.2 Å². The molecule has 1 amide bonds. The molecule has 45 heavy (non-hydrogen) atoms. The summed E-state index contributed by atoms with van der Waals surface area (Å²) >= 11 is 6.37. The van der Waals surface area contributed by atoms with Crippen molar-refractivity contribution in [1.29, 1.82) is 0 Å². The summed E-state index contributed by atoms with van der Waals surface area (Å²) in [5.74, 6) is -2.68. The van der Waals surface area contributed by atoms with E-state index in [1.165, 1.54) is 61.3 Å². The SMILES string of the molecule is CCCCCCCCCCCCS(=O)(=O)c1ccc(NC(=O)C(C(=O)OCC)n2c(O)cn(Cc3ccccc3)c2=O)c(Cl)c1. The van der Waals surface area contributed by atoms with Crippen LogP contribution in [0.5, 0.6) is 5.88 Å². The molecular weight excluding hydrogens is 618 g/mol. The number of hydrogen-bond acceptors (Lipinski definition) is 7. The lowest BCUT2D eigenvalue weighted by atomic mass is 10.1. The highest BCUT2D eigenvalue weighted by atomic mass is 35.5. The van der Waals surface area contributed by atoms with Gasteiger partial charge in [-0.1, -0.05) is 107 Å². The maximum atomic E-state index is 13.4. The predicted molar refractivity (Wildman–Crippen MR) is 176 cm³/mol. The first-order chi connectivity index (χ1) is 21.6. The molecule has 0 saturated carbocycles. The number of halogens is 1. The van der Waals surface area contributed by atoms with Gasteiger partial charge in [0.15, 0.2) is 9.84 Å². The number of sulfone groups is 1. The van der Waals surface area contributed by atoms with E-state index >= 15 is 0 Å². The number of unbranched alkanes of at least 4 members (excludes halogenated alkanes) is 9. The van der Waals surface area contributed by atoms with Gasteiger partial charge in [0, 0.05) is 0 Å². The molecule has 3 aromatic rings. The lowest BCUT2D eigenvalue weighted by Crippen LogP contribution is -2.39. The van der Waals surface area contributed by atoms with Crippen LogP contribution >= 0.6 is 11.6 Å². The van der Waals surface area contributed by atoms with Crippen LogP contribution in [0.25, 0.3) is 0 Å². The summed E-state index contributed by atoms with van der Waals surface area (Å²) in [4.78, 5) is 39.5. The third-order valence-electron chi connectivity index (χ3n) is 7.51. The average molecular weight is 662 g/mol. The first-order valence-corrected chi connectivity index (χ1v) is 17.7. The molecule has 1 atom stereocenters. The van der Waals surface area contributed by atoms with Gasteiger partial charge in [-0.3, -0.25) is 9.36 Å². The van der Waals surface area contributed by atoms with Crippen LogP contribution in [0.2, 0.25) is 5.02 Å². The van der Waals surface area contributed by atoms with Crippen LogP contribution < -0.4 is 11.0 Å².